The Balaban J connectivity index is 1.36. The summed E-state index contributed by atoms with van der Waals surface area (Å²) in [6.45, 7) is 1.16. The molecule has 1 amide bonds. The van der Waals surface area contributed by atoms with Crippen molar-refractivity contribution in [3.8, 4) is 17.2 Å². The number of hydrogen-bond donors (Lipinski definition) is 0. The Morgan fingerprint density at radius 3 is 2.83 bits per heavy atom. The van der Waals surface area contributed by atoms with Gasteiger partial charge in [-0.15, -0.1) is 0 Å². The van der Waals surface area contributed by atoms with Crippen LogP contribution in [0.4, 0.5) is 0 Å². The molecule has 4 aromatic rings. The number of fused-ring (bicyclic) bond motifs is 1. The van der Waals surface area contributed by atoms with Crippen molar-refractivity contribution in [3.05, 3.63) is 76.9 Å². The number of carbonyl (C=O) groups is 1. The lowest BCUT2D eigenvalue weighted by Crippen LogP contribution is -2.31. The van der Waals surface area contributed by atoms with Gasteiger partial charge in [-0.1, -0.05) is 35.5 Å². The lowest BCUT2D eigenvalue weighted by atomic mass is 10.1. The molecule has 3 heterocycles. The van der Waals surface area contributed by atoms with Crippen LogP contribution in [0.5, 0.6) is 5.88 Å². The fourth-order valence-corrected chi connectivity index (χ4v) is 4.03. The van der Waals surface area contributed by atoms with E-state index in [2.05, 4.69) is 26.1 Å². The van der Waals surface area contributed by atoms with Crippen LogP contribution in [0.3, 0.4) is 0 Å². The summed E-state index contributed by atoms with van der Waals surface area (Å²) in [7, 11) is 0. The van der Waals surface area contributed by atoms with Gasteiger partial charge in [-0.2, -0.15) is 0 Å². The molecule has 0 saturated carbocycles. The van der Waals surface area contributed by atoms with Gasteiger partial charge in [0.25, 0.3) is 5.91 Å². The molecule has 7 heteroatoms. The number of amides is 1. The number of pyridine rings is 1. The molecule has 1 saturated heterocycles. The van der Waals surface area contributed by atoms with Crippen molar-refractivity contribution >= 4 is 32.7 Å². The molecule has 2 aromatic heterocycles. The number of nitrogens with zero attached hydrogens (tertiary/aromatic N) is 3. The summed E-state index contributed by atoms with van der Waals surface area (Å²) >= 11 is 3.45. The Kier molecular flexibility index (Phi) is 4.96. The summed E-state index contributed by atoms with van der Waals surface area (Å²) in [5, 5.41) is 4.96. The SMILES string of the molecule is O=C(c1ccc2noc(-c3ccccc3)c2c1)N1CCC(Oc2ncccc2Br)C1. The van der Waals surface area contributed by atoms with Crippen molar-refractivity contribution in [3.63, 3.8) is 0 Å². The lowest BCUT2D eigenvalue weighted by Gasteiger charge is -2.17. The molecule has 0 bridgehead atoms. The van der Waals surface area contributed by atoms with Crippen molar-refractivity contribution in [2.45, 2.75) is 12.5 Å². The van der Waals surface area contributed by atoms with Crippen LogP contribution in [0.15, 0.2) is 75.9 Å². The van der Waals surface area contributed by atoms with Crippen LogP contribution in [0.1, 0.15) is 16.8 Å². The Hall–Kier alpha value is -3.19. The van der Waals surface area contributed by atoms with Gasteiger partial charge in [0.15, 0.2) is 5.76 Å². The van der Waals surface area contributed by atoms with E-state index >= 15 is 0 Å². The number of carbonyl (C=O) groups excluding carboxylic acids is 1. The highest BCUT2D eigenvalue weighted by Gasteiger charge is 2.29. The van der Waals surface area contributed by atoms with E-state index in [1.54, 1.807) is 12.3 Å². The van der Waals surface area contributed by atoms with E-state index in [1.165, 1.54) is 0 Å². The van der Waals surface area contributed by atoms with Crippen molar-refractivity contribution in [2.75, 3.05) is 13.1 Å². The molecule has 1 unspecified atom stereocenters. The standard InChI is InChI=1S/C23H18BrN3O3/c24-19-7-4-11-25-22(19)29-17-10-12-27(14-17)23(28)16-8-9-20-18(13-16)21(30-26-20)15-5-2-1-3-6-15/h1-9,11,13,17H,10,12,14H2. The number of halogens is 1. The summed E-state index contributed by atoms with van der Waals surface area (Å²) in [5.41, 5.74) is 2.27. The molecule has 30 heavy (non-hydrogen) atoms. The molecule has 150 valence electrons. The predicted molar refractivity (Wildman–Crippen MR) is 116 cm³/mol. The van der Waals surface area contributed by atoms with Gasteiger partial charge in [0, 0.05) is 30.3 Å². The third kappa shape index (κ3) is 3.57. The van der Waals surface area contributed by atoms with Crippen molar-refractivity contribution in [2.24, 2.45) is 0 Å². The molecule has 0 spiro atoms. The van der Waals surface area contributed by atoms with Crippen molar-refractivity contribution in [1.82, 2.24) is 15.0 Å². The zero-order valence-electron chi connectivity index (χ0n) is 16.0. The van der Waals surface area contributed by atoms with Crippen LogP contribution >= 0.6 is 15.9 Å². The van der Waals surface area contributed by atoms with Crippen LogP contribution in [0, 0.1) is 0 Å². The maximum absolute atomic E-state index is 13.1. The summed E-state index contributed by atoms with van der Waals surface area (Å²) in [5.74, 6) is 1.20. The maximum Gasteiger partial charge on any atom is 0.254 e. The molecule has 1 aliphatic rings. The van der Waals surface area contributed by atoms with Crippen LogP contribution in [0.25, 0.3) is 22.2 Å². The van der Waals surface area contributed by atoms with Gasteiger partial charge in [-0.3, -0.25) is 4.79 Å². The number of hydrogen-bond acceptors (Lipinski definition) is 5. The zero-order chi connectivity index (χ0) is 20.5. The summed E-state index contributed by atoms with van der Waals surface area (Å²) in [6.07, 6.45) is 2.37. The molecular formula is C23H18BrN3O3. The molecule has 0 N–H and O–H groups in total. The van der Waals surface area contributed by atoms with Gasteiger partial charge in [0.1, 0.15) is 11.6 Å². The predicted octanol–water partition coefficient (Wildman–Crippen LogP) is 4.95. The van der Waals surface area contributed by atoms with Gasteiger partial charge in [0.05, 0.1) is 16.4 Å². The summed E-state index contributed by atoms with van der Waals surface area (Å²) in [4.78, 5) is 19.2. The van der Waals surface area contributed by atoms with Crippen molar-refractivity contribution in [1.29, 1.82) is 0 Å². The highest BCUT2D eigenvalue weighted by molar-refractivity contribution is 9.10. The normalized spacial score (nSPS) is 16.2. The molecule has 5 rings (SSSR count). The first-order chi connectivity index (χ1) is 14.7. The van der Waals surface area contributed by atoms with E-state index in [0.29, 0.717) is 30.3 Å². The number of rotatable bonds is 4. The van der Waals surface area contributed by atoms with Gasteiger partial charge in [-0.25, -0.2) is 4.98 Å². The Bertz CT molecular complexity index is 1210. The van der Waals surface area contributed by atoms with Crippen LogP contribution in [-0.2, 0) is 0 Å². The van der Waals surface area contributed by atoms with E-state index in [1.807, 2.05) is 59.5 Å². The monoisotopic (exact) mass is 463 g/mol. The van der Waals surface area contributed by atoms with Crippen LogP contribution in [0.2, 0.25) is 0 Å². The second kappa shape index (κ2) is 7.91. The summed E-state index contributed by atoms with van der Waals surface area (Å²) < 4.78 is 12.3. The molecular weight excluding hydrogens is 446 g/mol. The molecule has 0 radical (unpaired) electrons. The lowest BCUT2D eigenvalue weighted by molar-refractivity contribution is 0.0771. The smallest absolute Gasteiger partial charge is 0.254 e. The van der Waals surface area contributed by atoms with Gasteiger partial charge in [0.2, 0.25) is 5.88 Å². The Morgan fingerprint density at radius 2 is 2.00 bits per heavy atom. The first-order valence-corrected chi connectivity index (χ1v) is 10.5. The Labute approximate surface area is 181 Å². The Morgan fingerprint density at radius 1 is 1.13 bits per heavy atom. The molecule has 1 aliphatic heterocycles. The second-order valence-corrected chi connectivity index (χ2v) is 8.03. The molecule has 6 nitrogen and oxygen atoms in total. The van der Waals surface area contributed by atoms with E-state index < -0.39 is 0 Å². The zero-order valence-corrected chi connectivity index (χ0v) is 17.6. The first kappa shape index (κ1) is 18.8. The third-order valence-electron chi connectivity index (χ3n) is 5.19. The largest absolute Gasteiger partial charge is 0.472 e. The number of aromatic nitrogens is 2. The highest BCUT2D eigenvalue weighted by Crippen LogP contribution is 2.30. The minimum absolute atomic E-state index is 0.0247. The second-order valence-electron chi connectivity index (χ2n) is 7.18. The topological polar surface area (TPSA) is 68.5 Å². The molecule has 0 aliphatic carbocycles. The molecule has 2 aromatic carbocycles. The quantitative estimate of drug-likeness (QED) is 0.428. The van der Waals surface area contributed by atoms with Gasteiger partial charge in [-0.05, 0) is 46.3 Å². The molecule has 1 fully saturated rings. The summed E-state index contributed by atoms with van der Waals surface area (Å²) in [6, 6.07) is 19.0. The van der Waals surface area contributed by atoms with Gasteiger partial charge >= 0.3 is 0 Å². The highest BCUT2D eigenvalue weighted by atomic mass is 79.9. The van der Waals surface area contributed by atoms with E-state index in [-0.39, 0.29) is 12.0 Å². The van der Waals surface area contributed by atoms with E-state index in [0.717, 1.165) is 27.4 Å². The van der Waals surface area contributed by atoms with Gasteiger partial charge < -0.3 is 14.2 Å². The van der Waals surface area contributed by atoms with E-state index in [4.69, 9.17) is 9.26 Å². The third-order valence-corrected chi connectivity index (χ3v) is 5.80. The van der Waals surface area contributed by atoms with Crippen molar-refractivity contribution < 1.29 is 14.1 Å². The van der Waals surface area contributed by atoms with Crippen LogP contribution < -0.4 is 4.74 Å². The minimum Gasteiger partial charge on any atom is -0.472 e. The average molecular weight is 464 g/mol. The fraction of sp³-hybridized carbons (Fsp3) is 0.174. The number of ether oxygens (including phenoxy) is 1. The minimum atomic E-state index is -0.0839. The average Bonchev–Trinajstić information content (AvgIpc) is 3.42. The number of likely N-dealkylation sites (tertiary alicyclic amines) is 1. The fourth-order valence-electron chi connectivity index (χ4n) is 3.68. The number of benzene rings is 2. The van der Waals surface area contributed by atoms with Crippen LogP contribution in [-0.4, -0.2) is 40.1 Å². The first-order valence-electron chi connectivity index (χ1n) is 9.70. The maximum atomic E-state index is 13.1. The molecule has 1 atom stereocenters. The van der Waals surface area contributed by atoms with E-state index in [9.17, 15) is 4.79 Å².